The van der Waals surface area contributed by atoms with Gasteiger partial charge in [0, 0.05) is 49.3 Å². The van der Waals surface area contributed by atoms with E-state index in [1.807, 2.05) is 30.3 Å². The number of nitrogens with one attached hydrogen (secondary N) is 8. The number of urea groups is 1. The number of hydrogen-bond donors (Lipinski definition) is 8. The number of anilines is 1. The van der Waals surface area contributed by atoms with Crippen molar-refractivity contribution in [1.29, 1.82) is 0 Å². The van der Waals surface area contributed by atoms with E-state index in [4.69, 9.17) is 18.9 Å². The van der Waals surface area contributed by atoms with Gasteiger partial charge in [0.05, 0.1) is 51.9 Å². The van der Waals surface area contributed by atoms with Crippen LogP contribution >= 0.6 is 0 Å². The van der Waals surface area contributed by atoms with Crippen molar-refractivity contribution in [3.05, 3.63) is 143 Å². The SMILES string of the molecule is O=C(CNC(=O)C1COC(CN2C(=O)C=CC2=O)OC1)NCC(=O)N[C@@H](Cc1ccccc1)C(=O)NCC(=O)NCOCc1ccc(COc2ccc(NC(=O)NCc3ccc4c(c3)CN(C3CCC(=O)NC3=O)C4=O)cc2)cc1. The van der Waals surface area contributed by atoms with E-state index in [0.29, 0.717) is 17.0 Å². The Labute approximate surface area is 457 Å². The highest BCUT2D eigenvalue weighted by Gasteiger charge is 2.39. The molecule has 0 radical (unpaired) electrons. The Bertz CT molecular complexity index is 3000. The van der Waals surface area contributed by atoms with Crippen LogP contribution in [-0.2, 0) is 90.1 Å². The van der Waals surface area contributed by atoms with Crippen molar-refractivity contribution in [3.8, 4) is 5.75 Å². The quantitative estimate of drug-likeness (QED) is 0.0259. The fourth-order valence-electron chi connectivity index (χ4n) is 8.70. The standard InChI is InChI=1S/C55H58N10O15/c66-44-17-16-43(53(74)63-44)64-26-37-20-36(10-15-41(37)54(64)75)22-59-55(76)61-39-11-13-40(14-12-39)78-29-35-8-6-34(7-9-35)28-77-32-60-46(68)24-58-52(73)42(21-33-4-2-1-3-5-33)62-47(69)25-56-45(67)23-57-51(72)38-30-79-50(80-31-38)27-65-48(70)18-19-49(65)71/h1-15,18-20,38,42-43,50H,16-17,21-32H2,(H,56,67)(H,57,72)(H,58,73)(H,60,68)(H,62,69)(H2,59,61,76)(H,63,66,74)/t38?,42-,43?,50?/m0/s1. The zero-order valence-corrected chi connectivity index (χ0v) is 43.1. The summed E-state index contributed by atoms with van der Waals surface area (Å²) in [4.78, 5) is 140. The number of rotatable bonds is 24. The van der Waals surface area contributed by atoms with Gasteiger partial charge in [-0.05, 0) is 64.6 Å². The lowest BCUT2D eigenvalue weighted by molar-refractivity contribution is -0.207. The lowest BCUT2D eigenvalue weighted by atomic mass is 10.0. The van der Waals surface area contributed by atoms with E-state index in [9.17, 15) is 52.7 Å². The molecule has 0 saturated carbocycles. The van der Waals surface area contributed by atoms with Crippen molar-refractivity contribution in [1.82, 2.24) is 47.0 Å². The summed E-state index contributed by atoms with van der Waals surface area (Å²) in [6.45, 7) is -1.02. The van der Waals surface area contributed by atoms with Crippen LogP contribution in [0.1, 0.15) is 51.0 Å². The van der Waals surface area contributed by atoms with Crippen LogP contribution in [0, 0.1) is 5.92 Å². The van der Waals surface area contributed by atoms with E-state index in [0.717, 1.165) is 44.9 Å². The minimum absolute atomic E-state index is 0.0743. The molecule has 25 nitrogen and oxygen atoms in total. The van der Waals surface area contributed by atoms with Gasteiger partial charge in [-0.1, -0.05) is 66.7 Å². The zero-order chi connectivity index (χ0) is 56.5. The van der Waals surface area contributed by atoms with E-state index in [1.165, 1.54) is 4.90 Å². The smallest absolute Gasteiger partial charge is 0.319 e. The molecule has 0 aromatic heterocycles. The van der Waals surface area contributed by atoms with Crippen molar-refractivity contribution >= 4 is 70.8 Å². The first-order valence-electron chi connectivity index (χ1n) is 25.5. The molecular formula is C55H58N10O15. The molecule has 4 aliphatic heterocycles. The summed E-state index contributed by atoms with van der Waals surface area (Å²) in [5.41, 5.74) is 4.94. The number of hydrogen-bond acceptors (Lipinski definition) is 15. The van der Waals surface area contributed by atoms with Gasteiger partial charge < -0.3 is 61.1 Å². The van der Waals surface area contributed by atoms with E-state index in [-0.39, 0.29) is 83.9 Å². The average molecular weight is 1100 g/mol. The number of piperidine rings is 1. The van der Waals surface area contributed by atoms with Gasteiger partial charge >= 0.3 is 6.03 Å². The number of fused-ring (bicyclic) bond motifs is 1. The molecule has 0 bridgehead atoms. The first-order chi connectivity index (χ1) is 38.6. The van der Waals surface area contributed by atoms with Crippen LogP contribution in [0.3, 0.4) is 0 Å². The third-order valence-electron chi connectivity index (χ3n) is 13.0. The minimum atomic E-state index is -1.12. The van der Waals surface area contributed by atoms with E-state index in [1.54, 1.807) is 66.7 Å². The van der Waals surface area contributed by atoms with Crippen LogP contribution in [-0.4, -0.2) is 139 Å². The Morgan fingerprint density at radius 1 is 0.688 bits per heavy atom. The van der Waals surface area contributed by atoms with Crippen LogP contribution < -0.4 is 47.3 Å². The van der Waals surface area contributed by atoms with Gasteiger partial charge in [0.2, 0.25) is 41.4 Å². The summed E-state index contributed by atoms with van der Waals surface area (Å²) in [5, 5.41) is 20.4. The second-order valence-corrected chi connectivity index (χ2v) is 18.9. The fraction of sp³-hybridized carbons (Fsp3) is 0.327. The van der Waals surface area contributed by atoms with Gasteiger partial charge in [-0.15, -0.1) is 0 Å². The molecule has 0 aliphatic carbocycles. The maximum atomic E-state index is 13.3. The predicted molar refractivity (Wildman–Crippen MR) is 280 cm³/mol. The van der Waals surface area contributed by atoms with Crippen LogP contribution in [0.25, 0.3) is 0 Å². The molecule has 8 N–H and O–H groups in total. The summed E-state index contributed by atoms with van der Waals surface area (Å²) in [6.07, 6.45) is 1.88. The van der Waals surface area contributed by atoms with Crippen molar-refractivity contribution in [2.75, 3.05) is 51.4 Å². The molecule has 418 valence electrons. The molecule has 1 unspecified atom stereocenters. The van der Waals surface area contributed by atoms with Crippen LogP contribution in [0.5, 0.6) is 5.75 Å². The monoisotopic (exact) mass is 1100 g/mol. The summed E-state index contributed by atoms with van der Waals surface area (Å²) in [5.74, 6) is -5.44. The van der Waals surface area contributed by atoms with Crippen molar-refractivity contribution in [2.45, 2.75) is 63.9 Å². The molecule has 12 amide bonds. The van der Waals surface area contributed by atoms with Gasteiger partial charge in [-0.25, -0.2) is 4.79 Å². The van der Waals surface area contributed by atoms with Gasteiger partial charge in [0.1, 0.15) is 31.2 Å². The molecule has 4 aromatic carbocycles. The van der Waals surface area contributed by atoms with Gasteiger partial charge in [-0.2, -0.15) is 0 Å². The summed E-state index contributed by atoms with van der Waals surface area (Å²) in [6, 6.07) is 26.1. The second-order valence-electron chi connectivity index (χ2n) is 18.9. The highest BCUT2D eigenvalue weighted by molar-refractivity contribution is 6.13. The summed E-state index contributed by atoms with van der Waals surface area (Å²) in [7, 11) is 0. The zero-order valence-electron chi connectivity index (χ0n) is 43.1. The lowest BCUT2D eigenvalue weighted by Crippen LogP contribution is -2.52. The molecule has 25 heteroatoms. The molecule has 4 aromatic rings. The molecular weight excluding hydrogens is 1040 g/mol. The molecule has 4 heterocycles. The maximum absolute atomic E-state index is 13.3. The Hall–Kier alpha value is -9.33. The highest BCUT2D eigenvalue weighted by Crippen LogP contribution is 2.28. The molecule has 0 spiro atoms. The number of ether oxygens (including phenoxy) is 4. The number of imide groups is 2. The maximum Gasteiger partial charge on any atom is 0.319 e. The Balaban J connectivity index is 0.678. The van der Waals surface area contributed by atoms with E-state index < -0.39 is 97.2 Å². The number of benzene rings is 4. The number of nitrogens with zero attached hydrogens (tertiary/aromatic N) is 2. The molecule has 2 saturated heterocycles. The summed E-state index contributed by atoms with van der Waals surface area (Å²) >= 11 is 0. The molecule has 4 aliphatic rings. The average Bonchev–Trinajstić information content (AvgIpc) is 4.03. The molecule has 8 rings (SSSR count). The lowest BCUT2D eigenvalue weighted by Gasteiger charge is -2.30. The van der Waals surface area contributed by atoms with Crippen molar-refractivity contribution in [2.24, 2.45) is 5.92 Å². The van der Waals surface area contributed by atoms with Crippen molar-refractivity contribution in [3.63, 3.8) is 0 Å². The van der Waals surface area contributed by atoms with Crippen molar-refractivity contribution < 1.29 is 71.7 Å². The van der Waals surface area contributed by atoms with Crippen LogP contribution in [0.15, 0.2) is 109 Å². The normalized spacial score (nSPS) is 17.9. The topological polar surface area (TPSA) is 327 Å². The number of carbonyl (C=O) groups is 11. The largest absolute Gasteiger partial charge is 0.489 e. The third kappa shape index (κ3) is 16.1. The van der Waals surface area contributed by atoms with E-state index in [2.05, 4.69) is 42.5 Å². The Kier molecular flexibility index (Phi) is 19.4. The Morgan fingerprint density at radius 2 is 1.35 bits per heavy atom. The molecule has 2 fully saturated rings. The van der Waals surface area contributed by atoms with Crippen LogP contribution in [0.2, 0.25) is 0 Å². The van der Waals surface area contributed by atoms with Gasteiger partial charge in [0.25, 0.3) is 17.7 Å². The summed E-state index contributed by atoms with van der Waals surface area (Å²) < 4.78 is 22.5. The first kappa shape index (κ1) is 56.9. The van der Waals surface area contributed by atoms with Gasteiger partial charge in [0.15, 0.2) is 6.29 Å². The predicted octanol–water partition coefficient (Wildman–Crippen LogP) is -0.0712. The number of carbonyl (C=O) groups excluding carboxylic acids is 11. The highest BCUT2D eigenvalue weighted by atomic mass is 16.7. The van der Waals surface area contributed by atoms with Crippen LogP contribution in [0.4, 0.5) is 10.5 Å². The fourth-order valence-corrected chi connectivity index (χ4v) is 8.70. The first-order valence-corrected chi connectivity index (χ1v) is 25.5. The number of amides is 12. The second kappa shape index (κ2) is 27.3. The third-order valence-corrected chi connectivity index (χ3v) is 13.0. The molecule has 2 atom stereocenters. The van der Waals surface area contributed by atoms with E-state index >= 15 is 0 Å². The molecule has 80 heavy (non-hydrogen) atoms. The van der Waals surface area contributed by atoms with Gasteiger partial charge in [-0.3, -0.25) is 58.2 Å². The Morgan fingerprint density at radius 3 is 2.06 bits per heavy atom. The minimum Gasteiger partial charge on any atom is -0.489 e.